The van der Waals surface area contributed by atoms with Gasteiger partial charge in [-0.2, -0.15) is 13.2 Å². The Hall–Kier alpha value is -2.30. The molecule has 0 fully saturated rings. The Morgan fingerprint density at radius 3 is 2.35 bits per heavy atom. The molecule has 0 bridgehead atoms. The van der Waals surface area contributed by atoms with Gasteiger partial charge in [-0.3, -0.25) is 4.79 Å². The molecule has 0 unspecified atom stereocenters. The molecule has 20 heavy (non-hydrogen) atoms. The number of benzene rings is 2. The molecule has 0 aliphatic heterocycles. The largest absolute Gasteiger partial charge is 0.416 e. The van der Waals surface area contributed by atoms with E-state index in [1.165, 1.54) is 12.1 Å². The summed E-state index contributed by atoms with van der Waals surface area (Å²) in [6.45, 7) is 0. The highest BCUT2D eigenvalue weighted by molar-refractivity contribution is 5.82. The van der Waals surface area contributed by atoms with E-state index in [1.807, 2.05) is 0 Å². The van der Waals surface area contributed by atoms with E-state index >= 15 is 0 Å². The van der Waals surface area contributed by atoms with Gasteiger partial charge in [0.05, 0.1) is 17.7 Å². The molecule has 0 N–H and O–H groups in total. The zero-order chi connectivity index (χ0) is 14.6. The molecule has 0 aliphatic rings. The Kier molecular flexibility index (Phi) is 4.08. The molecular formula is C15H11F3NO. The fourth-order valence-corrected chi connectivity index (χ4v) is 1.72. The molecule has 0 saturated carbocycles. The number of carbonyl (C=O) groups excluding carboxylic acids is 1. The lowest BCUT2D eigenvalue weighted by Gasteiger charge is -2.08. The van der Waals surface area contributed by atoms with Crippen molar-refractivity contribution in [2.75, 3.05) is 0 Å². The number of hydrogen-bond donors (Lipinski definition) is 0. The summed E-state index contributed by atoms with van der Waals surface area (Å²) in [5.41, 5.74) is 0.0245. The fourth-order valence-electron chi connectivity index (χ4n) is 1.72. The summed E-state index contributed by atoms with van der Waals surface area (Å²) in [6, 6.07) is 13.3. The van der Waals surface area contributed by atoms with Gasteiger partial charge in [-0.1, -0.05) is 36.4 Å². The van der Waals surface area contributed by atoms with Gasteiger partial charge in [0.25, 0.3) is 5.91 Å². The van der Waals surface area contributed by atoms with Crippen molar-refractivity contribution in [2.45, 2.75) is 12.6 Å². The number of halogens is 3. The van der Waals surface area contributed by atoms with Crippen LogP contribution >= 0.6 is 0 Å². The molecule has 0 aromatic heterocycles. The van der Waals surface area contributed by atoms with Crippen molar-refractivity contribution in [1.29, 1.82) is 0 Å². The van der Waals surface area contributed by atoms with Crippen molar-refractivity contribution in [3.63, 3.8) is 0 Å². The van der Waals surface area contributed by atoms with Crippen LogP contribution in [0.4, 0.5) is 18.9 Å². The van der Waals surface area contributed by atoms with Gasteiger partial charge in [0, 0.05) is 0 Å². The van der Waals surface area contributed by atoms with E-state index in [0.29, 0.717) is 11.3 Å². The molecule has 2 aromatic rings. The number of rotatable bonds is 3. The zero-order valence-corrected chi connectivity index (χ0v) is 10.4. The van der Waals surface area contributed by atoms with E-state index in [0.717, 1.165) is 12.1 Å². The Bertz CT molecular complexity index is 594. The molecule has 0 heterocycles. The predicted molar refractivity (Wildman–Crippen MR) is 68.4 cm³/mol. The Morgan fingerprint density at radius 1 is 1.00 bits per heavy atom. The monoisotopic (exact) mass is 278 g/mol. The molecule has 2 nitrogen and oxygen atoms in total. The highest BCUT2D eigenvalue weighted by atomic mass is 19.4. The van der Waals surface area contributed by atoms with Crippen molar-refractivity contribution in [3.05, 3.63) is 65.7 Å². The summed E-state index contributed by atoms with van der Waals surface area (Å²) >= 11 is 0. The minimum atomic E-state index is -4.41. The first-order valence-electron chi connectivity index (χ1n) is 5.91. The van der Waals surface area contributed by atoms with Crippen LogP contribution in [0.5, 0.6) is 0 Å². The number of carbonyl (C=O) groups is 1. The summed E-state index contributed by atoms with van der Waals surface area (Å²) in [5, 5.41) is 3.83. The average molecular weight is 278 g/mol. The van der Waals surface area contributed by atoms with Gasteiger partial charge in [0.1, 0.15) is 0 Å². The standard InChI is InChI=1S/C15H11F3NO/c16-15(17,18)12-6-4-5-11(9-12)10-14(20)19-13-7-2-1-3-8-13/h1-9H,10H2. The molecule has 5 heteroatoms. The third-order valence-corrected chi connectivity index (χ3v) is 2.62. The average Bonchev–Trinajstić information content (AvgIpc) is 2.39. The number of nitrogens with zero attached hydrogens (tertiary/aromatic N) is 1. The third kappa shape index (κ3) is 3.85. The molecule has 2 rings (SSSR count). The minimum absolute atomic E-state index is 0.154. The SMILES string of the molecule is O=C(Cc1cccc(C(F)(F)F)c1)[N]c1ccccc1. The van der Waals surface area contributed by atoms with Crippen LogP contribution in [0.3, 0.4) is 0 Å². The van der Waals surface area contributed by atoms with Crippen molar-refractivity contribution in [2.24, 2.45) is 0 Å². The fraction of sp³-hybridized carbons (Fsp3) is 0.133. The lowest BCUT2D eigenvalue weighted by molar-refractivity contribution is -0.137. The van der Waals surface area contributed by atoms with Crippen LogP contribution < -0.4 is 5.32 Å². The maximum absolute atomic E-state index is 12.5. The normalized spacial score (nSPS) is 11.2. The van der Waals surface area contributed by atoms with Crippen molar-refractivity contribution in [3.8, 4) is 0 Å². The van der Waals surface area contributed by atoms with Crippen LogP contribution in [-0.2, 0) is 17.4 Å². The number of para-hydroxylation sites is 1. The first-order chi connectivity index (χ1) is 9.45. The second kappa shape index (κ2) is 5.77. The number of hydrogen-bond acceptors (Lipinski definition) is 1. The highest BCUT2D eigenvalue weighted by Crippen LogP contribution is 2.29. The number of amides is 1. The molecule has 1 radical (unpaired) electrons. The minimum Gasteiger partial charge on any atom is -0.272 e. The van der Waals surface area contributed by atoms with Gasteiger partial charge in [0.2, 0.25) is 0 Å². The third-order valence-electron chi connectivity index (χ3n) is 2.62. The van der Waals surface area contributed by atoms with E-state index in [4.69, 9.17) is 0 Å². The Balaban J connectivity index is 2.05. The van der Waals surface area contributed by atoms with Gasteiger partial charge < -0.3 is 0 Å². The topological polar surface area (TPSA) is 31.2 Å². The molecule has 0 atom stereocenters. The van der Waals surface area contributed by atoms with Gasteiger partial charge in [-0.15, -0.1) is 0 Å². The summed E-state index contributed by atoms with van der Waals surface area (Å²) in [6.07, 6.45) is -4.56. The second-order valence-electron chi connectivity index (χ2n) is 4.22. The Labute approximate surface area is 114 Å². The number of alkyl halides is 3. The molecule has 0 saturated heterocycles. The van der Waals surface area contributed by atoms with Crippen LogP contribution in [0, 0.1) is 0 Å². The summed E-state index contributed by atoms with van der Waals surface area (Å²) in [7, 11) is 0. The molecule has 1 amide bonds. The lowest BCUT2D eigenvalue weighted by atomic mass is 10.1. The Morgan fingerprint density at radius 2 is 1.70 bits per heavy atom. The first kappa shape index (κ1) is 14.1. The van der Waals surface area contributed by atoms with E-state index < -0.39 is 17.6 Å². The van der Waals surface area contributed by atoms with Gasteiger partial charge >= 0.3 is 6.18 Å². The molecular weight excluding hydrogens is 267 g/mol. The van der Waals surface area contributed by atoms with E-state index in [-0.39, 0.29) is 6.42 Å². The summed E-state index contributed by atoms with van der Waals surface area (Å²) < 4.78 is 37.6. The van der Waals surface area contributed by atoms with Crippen LogP contribution in [-0.4, -0.2) is 5.91 Å². The molecule has 2 aromatic carbocycles. The predicted octanol–water partition coefficient (Wildman–Crippen LogP) is 3.71. The zero-order valence-electron chi connectivity index (χ0n) is 10.4. The van der Waals surface area contributed by atoms with E-state index in [2.05, 4.69) is 5.32 Å². The molecule has 103 valence electrons. The first-order valence-corrected chi connectivity index (χ1v) is 5.91. The van der Waals surface area contributed by atoms with Gasteiger partial charge in [-0.25, -0.2) is 5.32 Å². The van der Waals surface area contributed by atoms with E-state index in [9.17, 15) is 18.0 Å². The maximum Gasteiger partial charge on any atom is 0.416 e. The summed E-state index contributed by atoms with van der Waals surface area (Å²) in [5.74, 6) is -0.476. The van der Waals surface area contributed by atoms with Crippen LogP contribution in [0.25, 0.3) is 0 Å². The van der Waals surface area contributed by atoms with Crippen LogP contribution in [0.1, 0.15) is 11.1 Å². The van der Waals surface area contributed by atoms with Crippen LogP contribution in [0.15, 0.2) is 54.6 Å². The van der Waals surface area contributed by atoms with Gasteiger partial charge in [0.15, 0.2) is 0 Å². The second-order valence-corrected chi connectivity index (χ2v) is 4.22. The quantitative estimate of drug-likeness (QED) is 0.842. The van der Waals surface area contributed by atoms with Gasteiger partial charge in [-0.05, 0) is 23.8 Å². The molecule has 0 spiro atoms. The van der Waals surface area contributed by atoms with Crippen molar-refractivity contribution in [1.82, 2.24) is 5.32 Å². The smallest absolute Gasteiger partial charge is 0.272 e. The van der Waals surface area contributed by atoms with E-state index in [1.54, 1.807) is 30.3 Å². The van der Waals surface area contributed by atoms with Crippen LogP contribution in [0.2, 0.25) is 0 Å². The maximum atomic E-state index is 12.5. The van der Waals surface area contributed by atoms with Crippen molar-refractivity contribution < 1.29 is 18.0 Å². The molecule has 0 aliphatic carbocycles. The highest BCUT2D eigenvalue weighted by Gasteiger charge is 2.30. The van der Waals surface area contributed by atoms with Crippen molar-refractivity contribution >= 4 is 11.6 Å². The summed E-state index contributed by atoms with van der Waals surface area (Å²) in [4.78, 5) is 11.7. The lowest BCUT2D eigenvalue weighted by Crippen LogP contribution is -2.14.